The highest BCUT2D eigenvalue weighted by molar-refractivity contribution is 5.28. The Morgan fingerprint density at radius 3 is 2.33 bits per heavy atom. The Labute approximate surface area is 128 Å². The third-order valence-corrected chi connectivity index (χ3v) is 4.39. The fourth-order valence-corrected chi connectivity index (χ4v) is 2.75. The number of aryl methyl sites for hydroxylation is 1. The van der Waals surface area contributed by atoms with Crippen LogP contribution in [-0.4, -0.2) is 6.04 Å². The van der Waals surface area contributed by atoms with Crippen molar-refractivity contribution >= 4 is 0 Å². The van der Waals surface area contributed by atoms with E-state index in [0.717, 1.165) is 18.9 Å². The first-order valence-corrected chi connectivity index (χ1v) is 8.17. The molecule has 0 aliphatic heterocycles. The van der Waals surface area contributed by atoms with E-state index in [1.54, 1.807) is 0 Å². The molecule has 0 radical (unpaired) electrons. The van der Waals surface area contributed by atoms with Crippen LogP contribution in [0.3, 0.4) is 0 Å². The number of hydrogen-bond acceptors (Lipinski definition) is 1. The predicted molar refractivity (Wildman–Crippen MR) is 89.5 cm³/mol. The SMILES string of the molecule is CC(CCc1ccccc1)NCc1ccc(C2CC2)cc1. The summed E-state index contributed by atoms with van der Waals surface area (Å²) in [7, 11) is 0. The molecule has 1 aliphatic rings. The second-order valence-corrected chi connectivity index (χ2v) is 6.32. The molecule has 0 saturated heterocycles. The molecule has 1 atom stereocenters. The fourth-order valence-electron chi connectivity index (χ4n) is 2.75. The lowest BCUT2D eigenvalue weighted by Gasteiger charge is -2.14. The molecule has 1 aliphatic carbocycles. The van der Waals surface area contributed by atoms with Gasteiger partial charge in [0.15, 0.2) is 0 Å². The molecule has 0 amide bonds. The molecule has 1 nitrogen and oxygen atoms in total. The second-order valence-electron chi connectivity index (χ2n) is 6.32. The van der Waals surface area contributed by atoms with Crippen molar-refractivity contribution in [1.29, 1.82) is 0 Å². The molecule has 110 valence electrons. The van der Waals surface area contributed by atoms with Crippen LogP contribution in [0, 0.1) is 0 Å². The van der Waals surface area contributed by atoms with Crippen LogP contribution in [0.2, 0.25) is 0 Å². The van der Waals surface area contributed by atoms with Gasteiger partial charge in [-0.05, 0) is 55.2 Å². The third-order valence-electron chi connectivity index (χ3n) is 4.39. The second kappa shape index (κ2) is 6.91. The van der Waals surface area contributed by atoms with E-state index in [1.165, 1.54) is 36.0 Å². The molecule has 2 aromatic carbocycles. The van der Waals surface area contributed by atoms with Crippen molar-refractivity contribution in [3.05, 3.63) is 71.3 Å². The molecule has 3 rings (SSSR count). The van der Waals surface area contributed by atoms with Crippen LogP contribution in [0.25, 0.3) is 0 Å². The van der Waals surface area contributed by atoms with Gasteiger partial charge < -0.3 is 5.32 Å². The minimum Gasteiger partial charge on any atom is -0.310 e. The zero-order valence-electron chi connectivity index (χ0n) is 12.9. The lowest BCUT2D eigenvalue weighted by atomic mass is 10.1. The number of hydrogen-bond donors (Lipinski definition) is 1. The zero-order valence-corrected chi connectivity index (χ0v) is 12.9. The quantitative estimate of drug-likeness (QED) is 0.776. The van der Waals surface area contributed by atoms with Crippen molar-refractivity contribution in [1.82, 2.24) is 5.32 Å². The Hall–Kier alpha value is -1.60. The van der Waals surface area contributed by atoms with Crippen LogP contribution in [0.4, 0.5) is 0 Å². The molecule has 1 unspecified atom stereocenters. The minimum atomic E-state index is 0.549. The van der Waals surface area contributed by atoms with Crippen molar-refractivity contribution in [2.24, 2.45) is 0 Å². The molecule has 0 heterocycles. The number of nitrogens with one attached hydrogen (secondary N) is 1. The van der Waals surface area contributed by atoms with Gasteiger partial charge in [-0.1, -0.05) is 54.6 Å². The highest BCUT2D eigenvalue weighted by Crippen LogP contribution is 2.39. The molecule has 0 bridgehead atoms. The highest BCUT2D eigenvalue weighted by atomic mass is 14.9. The van der Waals surface area contributed by atoms with Gasteiger partial charge in [-0.25, -0.2) is 0 Å². The minimum absolute atomic E-state index is 0.549. The topological polar surface area (TPSA) is 12.0 Å². The van der Waals surface area contributed by atoms with E-state index in [0.29, 0.717) is 6.04 Å². The van der Waals surface area contributed by atoms with Gasteiger partial charge in [0.2, 0.25) is 0 Å². The van der Waals surface area contributed by atoms with E-state index in [4.69, 9.17) is 0 Å². The summed E-state index contributed by atoms with van der Waals surface area (Å²) in [4.78, 5) is 0. The molecule has 2 aromatic rings. The van der Waals surface area contributed by atoms with Crippen LogP contribution in [0.5, 0.6) is 0 Å². The average Bonchev–Trinajstić information content (AvgIpc) is 3.37. The van der Waals surface area contributed by atoms with Gasteiger partial charge in [-0.2, -0.15) is 0 Å². The van der Waals surface area contributed by atoms with Crippen LogP contribution in [0.1, 0.15) is 48.8 Å². The smallest absolute Gasteiger partial charge is 0.0207 e. The highest BCUT2D eigenvalue weighted by Gasteiger charge is 2.22. The summed E-state index contributed by atoms with van der Waals surface area (Å²) in [6, 6.07) is 20.5. The summed E-state index contributed by atoms with van der Waals surface area (Å²) in [5, 5.41) is 3.63. The van der Waals surface area contributed by atoms with Crippen molar-refractivity contribution in [2.45, 2.75) is 51.1 Å². The first-order valence-electron chi connectivity index (χ1n) is 8.17. The molecule has 1 heteroatoms. The first kappa shape index (κ1) is 14.3. The van der Waals surface area contributed by atoms with Crippen LogP contribution in [-0.2, 0) is 13.0 Å². The molecular formula is C20H25N. The Bertz CT molecular complexity index is 540. The van der Waals surface area contributed by atoms with E-state index in [-0.39, 0.29) is 0 Å². The van der Waals surface area contributed by atoms with Gasteiger partial charge in [-0.3, -0.25) is 0 Å². The van der Waals surface area contributed by atoms with Crippen molar-refractivity contribution in [3.8, 4) is 0 Å². The lowest BCUT2D eigenvalue weighted by Crippen LogP contribution is -2.25. The monoisotopic (exact) mass is 279 g/mol. The van der Waals surface area contributed by atoms with Gasteiger partial charge in [0.1, 0.15) is 0 Å². The normalized spacial score (nSPS) is 15.9. The zero-order chi connectivity index (χ0) is 14.5. The largest absolute Gasteiger partial charge is 0.310 e. The molecular weight excluding hydrogens is 254 g/mol. The van der Waals surface area contributed by atoms with Gasteiger partial charge in [0, 0.05) is 12.6 Å². The maximum Gasteiger partial charge on any atom is 0.0207 e. The average molecular weight is 279 g/mol. The number of benzene rings is 2. The van der Waals surface area contributed by atoms with E-state index < -0.39 is 0 Å². The summed E-state index contributed by atoms with van der Waals surface area (Å²) in [6.45, 7) is 3.25. The van der Waals surface area contributed by atoms with Crippen molar-refractivity contribution in [2.75, 3.05) is 0 Å². The predicted octanol–water partition coefficient (Wildman–Crippen LogP) is 4.67. The summed E-state index contributed by atoms with van der Waals surface area (Å²) in [5.74, 6) is 0.858. The molecule has 1 N–H and O–H groups in total. The molecule has 21 heavy (non-hydrogen) atoms. The molecule has 0 aromatic heterocycles. The van der Waals surface area contributed by atoms with E-state index in [1.807, 2.05) is 0 Å². The summed E-state index contributed by atoms with van der Waals surface area (Å²) in [5.41, 5.74) is 4.35. The molecule has 1 fully saturated rings. The van der Waals surface area contributed by atoms with Gasteiger partial charge >= 0.3 is 0 Å². The van der Waals surface area contributed by atoms with Crippen LogP contribution < -0.4 is 5.32 Å². The van der Waals surface area contributed by atoms with E-state index in [2.05, 4.69) is 66.8 Å². The van der Waals surface area contributed by atoms with Crippen LogP contribution >= 0.6 is 0 Å². The van der Waals surface area contributed by atoms with Gasteiger partial charge in [0.25, 0.3) is 0 Å². The summed E-state index contributed by atoms with van der Waals surface area (Å²) in [6.07, 6.45) is 5.10. The lowest BCUT2D eigenvalue weighted by molar-refractivity contribution is 0.514. The number of rotatable bonds is 7. The van der Waals surface area contributed by atoms with Gasteiger partial charge in [-0.15, -0.1) is 0 Å². The third kappa shape index (κ3) is 4.44. The van der Waals surface area contributed by atoms with Gasteiger partial charge in [0.05, 0.1) is 0 Å². The molecule has 1 saturated carbocycles. The molecule has 0 spiro atoms. The Morgan fingerprint density at radius 2 is 1.67 bits per heavy atom. The maximum atomic E-state index is 3.63. The summed E-state index contributed by atoms with van der Waals surface area (Å²) >= 11 is 0. The van der Waals surface area contributed by atoms with Crippen molar-refractivity contribution < 1.29 is 0 Å². The fraction of sp³-hybridized carbons (Fsp3) is 0.400. The van der Waals surface area contributed by atoms with Crippen molar-refractivity contribution in [3.63, 3.8) is 0 Å². The maximum absolute atomic E-state index is 3.63. The van der Waals surface area contributed by atoms with E-state index >= 15 is 0 Å². The Balaban J connectivity index is 1.41. The van der Waals surface area contributed by atoms with E-state index in [9.17, 15) is 0 Å². The summed E-state index contributed by atoms with van der Waals surface area (Å²) < 4.78 is 0. The Morgan fingerprint density at radius 1 is 0.952 bits per heavy atom. The van der Waals surface area contributed by atoms with Crippen LogP contribution in [0.15, 0.2) is 54.6 Å². The Kier molecular flexibility index (Phi) is 4.72. The standard InChI is InChI=1S/C20H25N/c1-16(7-8-17-5-3-2-4-6-17)21-15-18-9-11-19(12-10-18)20-13-14-20/h2-6,9-12,16,20-21H,7-8,13-15H2,1H3. The first-order chi connectivity index (χ1) is 10.3.